The minimum atomic E-state index is -0.720. The van der Waals surface area contributed by atoms with Crippen LogP contribution in [0.2, 0.25) is 0 Å². The standard InChI is InChI=1S/C18H26BFO4/c1-11(2)10-22-16(21)13-8-14(12(3)15(20)9-13)19-23-17(4,5)18(6,7)24-19/h8-9,11H,10H2,1-7H3. The molecule has 0 bridgehead atoms. The first-order valence-corrected chi connectivity index (χ1v) is 8.27. The summed E-state index contributed by atoms with van der Waals surface area (Å²) in [5, 5.41) is 0. The molecule has 0 radical (unpaired) electrons. The molecule has 1 fully saturated rings. The molecule has 4 nitrogen and oxygen atoms in total. The van der Waals surface area contributed by atoms with Gasteiger partial charge in [-0.25, -0.2) is 9.18 Å². The van der Waals surface area contributed by atoms with E-state index in [2.05, 4.69) is 0 Å². The number of halogens is 1. The fourth-order valence-electron chi connectivity index (χ4n) is 2.36. The number of rotatable bonds is 4. The maximum absolute atomic E-state index is 14.3. The molecule has 132 valence electrons. The molecule has 6 heteroatoms. The predicted octanol–water partition coefficient (Wildman–Crippen LogP) is 3.25. The summed E-state index contributed by atoms with van der Waals surface area (Å²) in [6.07, 6.45) is 0. The lowest BCUT2D eigenvalue weighted by Gasteiger charge is -2.32. The molecule has 0 aromatic heterocycles. The second-order valence-electron chi connectivity index (χ2n) is 7.75. The summed E-state index contributed by atoms with van der Waals surface area (Å²) in [5.74, 6) is -0.800. The lowest BCUT2D eigenvalue weighted by atomic mass is 9.75. The quantitative estimate of drug-likeness (QED) is 0.625. The van der Waals surface area contributed by atoms with Crippen LogP contribution in [0.5, 0.6) is 0 Å². The maximum Gasteiger partial charge on any atom is 0.495 e. The molecular formula is C18H26BFO4. The van der Waals surface area contributed by atoms with Crippen LogP contribution in [0.3, 0.4) is 0 Å². The minimum Gasteiger partial charge on any atom is -0.462 e. The van der Waals surface area contributed by atoms with E-state index in [0.29, 0.717) is 17.6 Å². The summed E-state index contributed by atoms with van der Waals surface area (Å²) in [6, 6.07) is 2.80. The molecule has 0 N–H and O–H groups in total. The van der Waals surface area contributed by atoms with Crippen molar-refractivity contribution >= 4 is 18.6 Å². The third kappa shape index (κ3) is 3.65. The topological polar surface area (TPSA) is 44.8 Å². The molecule has 1 heterocycles. The van der Waals surface area contributed by atoms with Crippen molar-refractivity contribution in [2.24, 2.45) is 5.92 Å². The number of ether oxygens (including phenoxy) is 1. The van der Waals surface area contributed by atoms with Gasteiger partial charge in [0.25, 0.3) is 0 Å². The van der Waals surface area contributed by atoms with Crippen LogP contribution in [0.1, 0.15) is 57.5 Å². The van der Waals surface area contributed by atoms with Crippen molar-refractivity contribution in [3.8, 4) is 0 Å². The SMILES string of the molecule is Cc1c(F)cc(C(=O)OCC(C)C)cc1B1OC(C)(C)C(C)(C)O1. The Morgan fingerprint density at radius 1 is 1.21 bits per heavy atom. The van der Waals surface area contributed by atoms with Crippen LogP contribution in [0.15, 0.2) is 12.1 Å². The van der Waals surface area contributed by atoms with Gasteiger partial charge in [-0.05, 0) is 63.7 Å². The summed E-state index contributed by atoms with van der Waals surface area (Å²) >= 11 is 0. The van der Waals surface area contributed by atoms with Crippen molar-refractivity contribution in [1.29, 1.82) is 0 Å². The highest BCUT2D eigenvalue weighted by Gasteiger charge is 2.52. The maximum atomic E-state index is 14.3. The largest absolute Gasteiger partial charge is 0.495 e. The summed E-state index contributed by atoms with van der Waals surface area (Å²) in [4.78, 5) is 12.2. The second kappa shape index (κ2) is 6.49. The number of carbonyl (C=O) groups excluding carboxylic acids is 1. The van der Waals surface area contributed by atoms with E-state index < -0.39 is 30.1 Å². The van der Waals surface area contributed by atoms with Crippen LogP contribution in [0.4, 0.5) is 4.39 Å². The first-order chi connectivity index (χ1) is 10.9. The van der Waals surface area contributed by atoms with Crippen LogP contribution in [-0.4, -0.2) is 30.9 Å². The number of hydrogen-bond donors (Lipinski definition) is 0. The fourth-order valence-corrected chi connectivity index (χ4v) is 2.36. The zero-order chi connectivity index (χ0) is 18.3. The Labute approximate surface area is 143 Å². The normalized spacial score (nSPS) is 19.0. The number of esters is 1. The van der Waals surface area contributed by atoms with E-state index in [9.17, 15) is 9.18 Å². The molecule has 2 rings (SSSR count). The van der Waals surface area contributed by atoms with Crippen LogP contribution in [-0.2, 0) is 14.0 Å². The summed E-state index contributed by atoms with van der Waals surface area (Å²) < 4.78 is 31.5. The third-order valence-electron chi connectivity index (χ3n) is 4.68. The highest BCUT2D eigenvalue weighted by Crippen LogP contribution is 2.36. The van der Waals surface area contributed by atoms with E-state index in [1.165, 1.54) is 6.07 Å². The van der Waals surface area contributed by atoms with Gasteiger partial charge in [0.1, 0.15) is 5.82 Å². The van der Waals surface area contributed by atoms with Gasteiger partial charge >= 0.3 is 13.1 Å². The van der Waals surface area contributed by atoms with Crippen LogP contribution in [0.25, 0.3) is 0 Å². The molecule has 0 aliphatic carbocycles. The molecular weight excluding hydrogens is 310 g/mol. The van der Waals surface area contributed by atoms with Gasteiger partial charge in [-0.3, -0.25) is 0 Å². The van der Waals surface area contributed by atoms with Crippen molar-refractivity contribution in [2.45, 2.75) is 59.7 Å². The number of hydrogen-bond acceptors (Lipinski definition) is 4. The Kier molecular flexibility index (Phi) is 5.12. The Bertz CT molecular complexity index is 624. The second-order valence-corrected chi connectivity index (χ2v) is 7.75. The van der Waals surface area contributed by atoms with Gasteiger partial charge in [0.2, 0.25) is 0 Å². The van der Waals surface area contributed by atoms with Crippen molar-refractivity contribution in [3.05, 3.63) is 29.1 Å². The predicted molar refractivity (Wildman–Crippen MR) is 92.0 cm³/mol. The van der Waals surface area contributed by atoms with E-state index in [-0.39, 0.29) is 11.5 Å². The Balaban J connectivity index is 2.33. The molecule has 0 atom stereocenters. The van der Waals surface area contributed by atoms with Gasteiger partial charge in [-0.2, -0.15) is 0 Å². The Morgan fingerprint density at radius 3 is 2.25 bits per heavy atom. The lowest BCUT2D eigenvalue weighted by molar-refractivity contribution is 0.00578. The number of carbonyl (C=O) groups is 1. The average molecular weight is 336 g/mol. The first-order valence-electron chi connectivity index (χ1n) is 8.27. The minimum absolute atomic E-state index is 0.170. The third-order valence-corrected chi connectivity index (χ3v) is 4.68. The summed E-state index contributed by atoms with van der Waals surface area (Å²) in [6.45, 7) is 13.6. The van der Waals surface area contributed by atoms with Gasteiger partial charge in [0, 0.05) is 0 Å². The molecule has 0 saturated carbocycles. The van der Waals surface area contributed by atoms with Crippen molar-refractivity contribution in [1.82, 2.24) is 0 Å². The molecule has 0 spiro atoms. The fraction of sp³-hybridized carbons (Fsp3) is 0.611. The van der Waals surface area contributed by atoms with Gasteiger partial charge in [0.05, 0.1) is 23.4 Å². The van der Waals surface area contributed by atoms with Crippen LogP contribution < -0.4 is 5.46 Å². The molecule has 1 saturated heterocycles. The molecule has 24 heavy (non-hydrogen) atoms. The van der Waals surface area contributed by atoms with E-state index >= 15 is 0 Å². The van der Waals surface area contributed by atoms with Crippen LogP contribution in [0, 0.1) is 18.7 Å². The molecule has 1 aliphatic heterocycles. The van der Waals surface area contributed by atoms with E-state index in [0.717, 1.165) is 0 Å². The Hall–Kier alpha value is -1.40. The molecule has 1 aromatic rings. The number of benzene rings is 1. The van der Waals surface area contributed by atoms with Crippen molar-refractivity contribution in [3.63, 3.8) is 0 Å². The molecule has 1 aliphatic rings. The molecule has 1 aromatic carbocycles. The van der Waals surface area contributed by atoms with E-state index in [1.807, 2.05) is 41.5 Å². The van der Waals surface area contributed by atoms with Crippen LogP contribution >= 0.6 is 0 Å². The molecule has 0 unspecified atom stereocenters. The smallest absolute Gasteiger partial charge is 0.462 e. The molecule has 0 amide bonds. The van der Waals surface area contributed by atoms with Gasteiger partial charge < -0.3 is 14.0 Å². The summed E-state index contributed by atoms with van der Waals surface area (Å²) in [7, 11) is -0.720. The van der Waals surface area contributed by atoms with E-state index in [1.54, 1.807) is 13.0 Å². The highest BCUT2D eigenvalue weighted by atomic mass is 19.1. The monoisotopic (exact) mass is 336 g/mol. The van der Waals surface area contributed by atoms with Gasteiger partial charge in [-0.15, -0.1) is 0 Å². The highest BCUT2D eigenvalue weighted by molar-refractivity contribution is 6.62. The zero-order valence-electron chi connectivity index (χ0n) is 15.5. The van der Waals surface area contributed by atoms with Crippen molar-refractivity contribution < 1.29 is 23.2 Å². The lowest BCUT2D eigenvalue weighted by Crippen LogP contribution is -2.41. The Morgan fingerprint density at radius 2 is 1.75 bits per heavy atom. The van der Waals surface area contributed by atoms with Gasteiger partial charge in [-0.1, -0.05) is 13.8 Å². The van der Waals surface area contributed by atoms with Gasteiger partial charge in [0.15, 0.2) is 0 Å². The van der Waals surface area contributed by atoms with Crippen molar-refractivity contribution in [2.75, 3.05) is 6.61 Å². The first kappa shape index (κ1) is 18.9. The van der Waals surface area contributed by atoms with E-state index in [4.69, 9.17) is 14.0 Å². The average Bonchev–Trinajstić information content (AvgIpc) is 2.67. The zero-order valence-corrected chi connectivity index (χ0v) is 15.5. The summed E-state index contributed by atoms with van der Waals surface area (Å²) in [5.41, 5.74) is 0.0336.